The van der Waals surface area contributed by atoms with E-state index < -0.39 is 11.8 Å². The van der Waals surface area contributed by atoms with Gasteiger partial charge >= 0.3 is 5.69 Å². The van der Waals surface area contributed by atoms with Crippen LogP contribution in [0, 0.1) is 0 Å². The smallest absolute Gasteiger partial charge is 0.332 e. The quantitative estimate of drug-likeness (QED) is 0.602. The van der Waals surface area contributed by atoms with Crippen LogP contribution in [-0.4, -0.2) is 36.9 Å². The van der Waals surface area contributed by atoms with Gasteiger partial charge in [-0.1, -0.05) is 30.3 Å². The summed E-state index contributed by atoms with van der Waals surface area (Å²) in [5.74, 6) is 0. The van der Waals surface area contributed by atoms with Crippen molar-refractivity contribution in [2.45, 2.75) is 12.6 Å². The standard InChI is InChI=1S/C17H21N5O3/c1-20-15-14(16(24)21(2)17(20)25)22(11-19-15)9-8-18-10-13(23)12-6-4-3-5-7-12/h3-7,11,13,18,23H,8-10H2,1-2H3. The van der Waals surface area contributed by atoms with Crippen molar-refractivity contribution in [3.05, 3.63) is 63.1 Å². The van der Waals surface area contributed by atoms with Crippen molar-refractivity contribution in [1.82, 2.24) is 24.0 Å². The zero-order valence-electron chi connectivity index (χ0n) is 14.2. The van der Waals surface area contributed by atoms with Crippen LogP contribution < -0.4 is 16.6 Å². The van der Waals surface area contributed by atoms with Crippen LogP contribution in [0.3, 0.4) is 0 Å². The molecule has 0 radical (unpaired) electrons. The van der Waals surface area contributed by atoms with Crippen LogP contribution >= 0.6 is 0 Å². The molecule has 0 aliphatic rings. The van der Waals surface area contributed by atoms with Crippen LogP contribution in [0.15, 0.2) is 46.2 Å². The van der Waals surface area contributed by atoms with E-state index in [4.69, 9.17) is 0 Å². The van der Waals surface area contributed by atoms with Crippen molar-refractivity contribution in [1.29, 1.82) is 0 Å². The van der Waals surface area contributed by atoms with Gasteiger partial charge in [0.2, 0.25) is 0 Å². The summed E-state index contributed by atoms with van der Waals surface area (Å²) < 4.78 is 4.16. The van der Waals surface area contributed by atoms with Crippen LogP contribution in [0.1, 0.15) is 11.7 Å². The number of nitrogens with one attached hydrogen (secondary N) is 1. The van der Waals surface area contributed by atoms with Gasteiger partial charge in [-0.2, -0.15) is 0 Å². The molecule has 2 heterocycles. The highest BCUT2D eigenvalue weighted by Gasteiger charge is 2.14. The molecule has 3 aromatic rings. The van der Waals surface area contributed by atoms with Crippen molar-refractivity contribution < 1.29 is 5.11 Å². The fourth-order valence-corrected chi connectivity index (χ4v) is 2.80. The predicted octanol–water partition coefficient (Wildman–Crippen LogP) is -0.243. The summed E-state index contributed by atoms with van der Waals surface area (Å²) in [6.45, 7) is 1.47. The van der Waals surface area contributed by atoms with E-state index in [0.717, 1.165) is 10.1 Å². The predicted molar refractivity (Wildman–Crippen MR) is 94.5 cm³/mol. The van der Waals surface area contributed by atoms with Crippen molar-refractivity contribution in [3.63, 3.8) is 0 Å². The van der Waals surface area contributed by atoms with Gasteiger partial charge in [-0.25, -0.2) is 9.78 Å². The average Bonchev–Trinajstić information content (AvgIpc) is 3.06. The molecule has 8 heteroatoms. The van der Waals surface area contributed by atoms with Crippen LogP contribution in [0.2, 0.25) is 0 Å². The number of aliphatic hydroxyl groups is 1. The number of aliphatic hydroxyl groups excluding tert-OH is 1. The molecule has 1 atom stereocenters. The van der Waals surface area contributed by atoms with Crippen molar-refractivity contribution >= 4 is 11.2 Å². The summed E-state index contributed by atoms with van der Waals surface area (Å²) in [6, 6.07) is 9.42. The first-order valence-corrected chi connectivity index (χ1v) is 8.05. The second-order valence-corrected chi connectivity index (χ2v) is 5.95. The van der Waals surface area contributed by atoms with E-state index in [0.29, 0.717) is 30.8 Å². The highest BCUT2D eigenvalue weighted by atomic mass is 16.3. The van der Waals surface area contributed by atoms with E-state index in [2.05, 4.69) is 10.3 Å². The zero-order valence-corrected chi connectivity index (χ0v) is 14.2. The second-order valence-electron chi connectivity index (χ2n) is 5.95. The Morgan fingerprint density at radius 3 is 2.60 bits per heavy atom. The summed E-state index contributed by atoms with van der Waals surface area (Å²) >= 11 is 0. The maximum absolute atomic E-state index is 12.3. The molecule has 0 aliphatic carbocycles. The minimum Gasteiger partial charge on any atom is -0.387 e. The molecule has 1 aromatic carbocycles. The van der Waals surface area contributed by atoms with Gasteiger partial charge < -0.3 is 15.0 Å². The molecule has 3 rings (SSSR count). The van der Waals surface area contributed by atoms with Crippen molar-refractivity contribution in [2.75, 3.05) is 13.1 Å². The van der Waals surface area contributed by atoms with Gasteiger partial charge in [-0.3, -0.25) is 13.9 Å². The number of rotatable bonds is 6. The molecular weight excluding hydrogens is 322 g/mol. The number of imidazole rings is 1. The summed E-state index contributed by atoms with van der Waals surface area (Å²) in [6.07, 6.45) is 0.968. The number of aryl methyl sites for hydroxylation is 1. The molecule has 1 unspecified atom stereocenters. The number of hydrogen-bond acceptors (Lipinski definition) is 5. The van der Waals surface area contributed by atoms with E-state index in [1.807, 2.05) is 30.3 Å². The molecule has 0 spiro atoms. The van der Waals surface area contributed by atoms with E-state index in [-0.39, 0.29) is 5.56 Å². The third-order valence-electron chi connectivity index (χ3n) is 4.27. The topological polar surface area (TPSA) is 94.1 Å². The lowest BCUT2D eigenvalue weighted by atomic mass is 10.1. The Morgan fingerprint density at radius 2 is 1.88 bits per heavy atom. The van der Waals surface area contributed by atoms with E-state index >= 15 is 0 Å². The minimum atomic E-state index is -0.588. The van der Waals surface area contributed by atoms with Crippen LogP contribution in [0.25, 0.3) is 11.2 Å². The first kappa shape index (κ1) is 17.1. The number of fused-ring (bicyclic) bond motifs is 1. The molecule has 2 aromatic heterocycles. The number of benzene rings is 1. The molecular formula is C17H21N5O3. The van der Waals surface area contributed by atoms with Gasteiger partial charge in [0.1, 0.15) is 0 Å². The molecule has 8 nitrogen and oxygen atoms in total. The Labute approximate surface area is 144 Å². The maximum Gasteiger partial charge on any atom is 0.332 e. The van der Waals surface area contributed by atoms with Crippen molar-refractivity contribution in [3.8, 4) is 0 Å². The molecule has 25 heavy (non-hydrogen) atoms. The fourth-order valence-electron chi connectivity index (χ4n) is 2.80. The second kappa shape index (κ2) is 7.04. The summed E-state index contributed by atoms with van der Waals surface area (Å²) in [7, 11) is 3.05. The van der Waals surface area contributed by atoms with Crippen LogP contribution in [0.4, 0.5) is 0 Å². The number of aromatic nitrogens is 4. The van der Waals surface area contributed by atoms with Crippen LogP contribution in [-0.2, 0) is 20.6 Å². The average molecular weight is 343 g/mol. The summed E-state index contributed by atoms with van der Waals surface area (Å²) in [5.41, 5.74) is 0.867. The third kappa shape index (κ3) is 3.26. The highest BCUT2D eigenvalue weighted by Crippen LogP contribution is 2.10. The van der Waals surface area contributed by atoms with Crippen LogP contribution in [0.5, 0.6) is 0 Å². The molecule has 2 N–H and O–H groups in total. The van der Waals surface area contributed by atoms with E-state index in [9.17, 15) is 14.7 Å². The van der Waals surface area contributed by atoms with Gasteiger partial charge in [-0.15, -0.1) is 0 Å². The fraction of sp³-hybridized carbons (Fsp3) is 0.353. The Morgan fingerprint density at radius 1 is 1.16 bits per heavy atom. The molecule has 0 aliphatic heterocycles. The minimum absolute atomic E-state index is 0.361. The molecule has 0 saturated carbocycles. The molecule has 0 saturated heterocycles. The van der Waals surface area contributed by atoms with Gasteiger partial charge in [0.05, 0.1) is 12.4 Å². The Hall–Kier alpha value is -2.71. The largest absolute Gasteiger partial charge is 0.387 e. The maximum atomic E-state index is 12.3. The van der Waals surface area contributed by atoms with Crippen molar-refractivity contribution in [2.24, 2.45) is 14.1 Å². The Bertz CT molecular complexity index is 987. The monoisotopic (exact) mass is 343 g/mol. The van der Waals surface area contributed by atoms with E-state index in [1.165, 1.54) is 11.6 Å². The van der Waals surface area contributed by atoms with Gasteiger partial charge in [0.15, 0.2) is 11.2 Å². The first-order chi connectivity index (χ1) is 12.0. The molecule has 132 valence electrons. The van der Waals surface area contributed by atoms with Gasteiger partial charge in [0, 0.05) is 33.7 Å². The Kier molecular flexibility index (Phi) is 4.82. The highest BCUT2D eigenvalue weighted by molar-refractivity contribution is 5.69. The summed E-state index contributed by atoms with van der Waals surface area (Å²) in [4.78, 5) is 28.4. The first-order valence-electron chi connectivity index (χ1n) is 8.05. The zero-order chi connectivity index (χ0) is 18.0. The van der Waals surface area contributed by atoms with E-state index in [1.54, 1.807) is 17.9 Å². The lowest BCUT2D eigenvalue weighted by molar-refractivity contribution is 0.174. The molecule has 0 amide bonds. The summed E-state index contributed by atoms with van der Waals surface area (Å²) in [5, 5.41) is 13.3. The molecule has 0 fully saturated rings. The third-order valence-corrected chi connectivity index (χ3v) is 4.27. The SMILES string of the molecule is Cn1c(=O)c2c(ncn2CCNCC(O)c2ccccc2)n(C)c1=O. The number of nitrogens with zero attached hydrogens (tertiary/aromatic N) is 4. The normalized spacial score (nSPS) is 12.6. The van der Waals surface area contributed by atoms with Gasteiger partial charge in [-0.05, 0) is 5.56 Å². The lowest BCUT2D eigenvalue weighted by Gasteiger charge is -2.12. The lowest BCUT2D eigenvalue weighted by Crippen LogP contribution is -2.37. The number of hydrogen-bond donors (Lipinski definition) is 2. The molecule has 0 bridgehead atoms. The Balaban J connectivity index is 1.68. The van der Waals surface area contributed by atoms with Gasteiger partial charge in [0.25, 0.3) is 5.56 Å².